The van der Waals surface area contributed by atoms with Gasteiger partial charge in [0.15, 0.2) is 0 Å². The highest BCUT2D eigenvalue weighted by molar-refractivity contribution is 7.00. The summed E-state index contributed by atoms with van der Waals surface area (Å²) in [6.45, 7) is 33.5. The second-order valence-corrected chi connectivity index (χ2v) is 27.4. The molecule has 0 bridgehead atoms. The minimum atomic E-state index is -2.39. The summed E-state index contributed by atoms with van der Waals surface area (Å²) < 4.78 is 28.1. The summed E-state index contributed by atoms with van der Waals surface area (Å²) in [7, 11) is 0. The van der Waals surface area contributed by atoms with Gasteiger partial charge in [-0.05, 0) is 192 Å². The number of aryl methyl sites for hydroxylation is 2. The Labute approximate surface area is 437 Å². The van der Waals surface area contributed by atoms with Gasteiger partial charge in [-0.15, -0.1) is 0 Å². The number of hydrogen-bond acceptors (Lipinski definition) is 2. The summed E-state index contributed by atoms with van der Waals surface area (Å²) >= 11 is 0. The predicted molar refractivity (Wildman–Crippen MR) is 311 cm³/mol. The molecule has 0 atom stereocenters. The van der Waals surface area contributed by atoms with Gasteiger partial charge >= 0.3 is 0 Å². The Bertz CT molecular complexity index is 3540. The molecule has 0 N–H and O–H groups in total. The molecule has 0 unspecified atom stereocenters. The van der Waals surface area contributed by atoms with Crippen molar-refractivity contribution >= 4 is 57.2 Å². The number of hydrogen-bond donors (Lipinski definition) is 0. The molecule has 12 rings (SSSR count). The van der Waals surface area contributed by atoms with Gasteiger partial charge in [-0.25, -0.2) is 0 Å². The average Bonchev–Trinajstić information content (AvgIpc) is 3.64. The average molecular weight is 948 g/mol. The van der Waals surface area contributed by atoms with E-state index in [0.717, 1.165) is 76.4 Å². The SMILES string of the molecule is [2H]C([2H])([2H])c1cc2c3c(c1)N(c1ccc(C(C)(C)c4ccccc4)cc1-c1ccccc1)c1cc4c(cc1B3c1cc3c(cc1N2c1cc2c(cc1C)C(C)(C)CC2(C)C)C(C)(C)CC3(C)C)C(C)(C)CCC4(C)C. The largest absolute Gasteiger partial charge is 0.311 e. The van der Waals surface area contributed by atoms with Gasteiger partial charge < -0.3 is 9.80 Å². The Morgan fingerprint density at radius 1 is 0.444 bits per heavy atom. The molecule has 0 saturated heterocycles. The quantitative estimate of drug-likeness (QED) is 0.159. The molecule has 3 heteroatoms. The van der Waals surface area contributed by atoms with E-state index in [9.17, 15) is 4.11 Å². The van der Waals surface area contributed by atoms with E-state index < -0.39 is 6.85 Å². The van der Waals surface area contributed by atoms with Crippen LogP contribution in [0.2, 0.25) is 0 Å². The predicted octanol–water partition coefficient (Wildman–Crippen LogP) is 16.6. The van der Waals surface area contributed by atoms with Crippen LogP contribution in [0.5, 0.6) is 0 Å². The molecule has 0 fully saturated rings. The lowest BCUT2D eigenvalue weighted by molar-refractivity contribution is 0.332. The molecular weight excluding hydrogens is 868 g/mol. The van der Waals surface area contributed by atoms with Crippen molar-refractivity contribution in [2.75, 3.05) is 9.80 Å². The minimum Gasteiger partial charge on any atom is -0.311 e. The molecular formula is C69H77BN2. The van der Waals surface area contributed by atoms with E-state index in [1.54, 1.807) is 0 Å². The molecule has 0 spiro atoms. The molecule has 2 aliphatic heterocycles. The molecule has 0 saturated carbocycles. The third kappa shape index (κ3) is 6.80. The monoisotopic (exact) mass is 948 g/mol. The molecule has 0 aromatic heterocycles. The van der Waals surface area contributed by atoms with Crippen LogP contribution in [0.4, 0.5) is 34.1 Å². The molecule has 3 aliphatic carbocycles. The zero-order chi connectivity index (χ0) is 53.5. The van der Waals surface area contributed by atoms with E-state index in [2.05, 4.69) is 241 Å². The van der Waals surface area contributed by atoms with Crippen molar-refractivity contribution in [1.82, 2.24) is 0 Å². The molecule has 72 heavy (non-hydrogen) atoms. The fourth-order valence-corrected chi connectivity index (χ4v) is 15.4. The first kappa shape index (κ1) is 43.8. The fraction of sp³-hybridized carbons (Fsp3) is 0.391. The number of rotatable bonds is 5. The standard InChI is InChI=1S/C69H77BN2/c1-42-31-60-62-61(32-42)72(57-37-52-48(33-43(57)2)65(7,8)40-67(52,11)12)59-39-53-50(66(9,10)41-68(53,13)14)36-55(59)70(62)54-35-49-51(64(5,6)30-29-63(49,3)4)38-58(54)71(60)56-28-27-46(34-47(56)44-23-19-17-20-24-44)69(15,16)45-25-21-18-22-26-45/h17-28,31-39H,29-30,40-41H2,1-16H3/i1D3. The summed E-state index contributed by atoms with van der Waals surface area (Å²) in [6.07, 6.45) is 4.30. The van der Waals surface area contributed by atoms with Crippen molar-refractivity contribution in [3.05, 3.63) is 183 Å². The number of benzene rings is 7. The van der Waals surface area contributed by atoms with Gasteiger partial charge in [-0.1, -0.05) is 182 Å². The first-order valence-corrected chi connectivity index (χ1v) is 27.0. The Balaban J connectivity index is 1.25. The molecule has 7 aromatic carbocycles. The van der Waals surface area contributed by atoms with E-state index in [4.69, 9.17) is 0 Å². The highest BCUT2D eigenvalue weighted by Gasteiger charge is 2.51. The smallest absolute Gasteiger partial charge is 0.252 e. The van der Waals surface area contributed by atoms with Gasteiger partial charge in [-0.3, -0.25) is 0 Å². The summed E-state index contributed by atoms with van der Waals surface area (Å²) in [5, 5.41) is 0. The highest BCUT2D eigenvalue weighted by Crippen LogP contribution is 2.57. The second-order valence-electron chi connectivity index (χ2n) is 27.4. The first-order chi connectivity index (χ1) is 34.9. The summed E-state index contributed by atoms with van der Waals surface area (Å²) in [6, 6.07) is 48.2. The van der Waals surface area contributed by atoms with Crippen molar-refractivity contribution in [1.29, 1.82) is 0 Å². The Morgan fingerprint density at radius 2 is 0.889 bits per heavy atom. The fourth-order valence-electron chi connectivity index (χ4n) is 15.4. The van der Waals surface area contributed by atoms with Crippen molar-refractivity contribution in [2.24, 2.45) is 0 Å². The summed E-state index contributed by atoms with van der Waals surface area (Å²) in [5.41, 5.74) is 24.3. The van der Waals surface area contributed by atoms with Crippen LogP contribution in [0.3, 0.4) is 0 Å². The lowest BCUT2D eigenvalue weighted by atomic mass is 9.32. The van der Waals surface area contributed by atoms with Crippen LogP contribution >= 0.6 is 0 Å². The zero-order valence-corrected chi connectivity index (χ0v) is 45.9. The van der Waals surface area contributed by atoms with Crippen molar-refractivity contribution < 1.29 is 4.11 Å². The maximum atomic E-state index is 9.37. The van der Waals surface area contributed by atoms with Gasteiger partial charge in [0.2, 0.25) is 0 Å². The zero-order valence-electron chi connectivity index (χ0n) is 48.9. The third-order valence-corrected chi connectivity index (χ3v) is 19.0. The number of anilines is 6. The molecule has 0 amide bonds. The van der Waals surface area contributed by atoms with Crippen LogP contribution in [0.25, 0.3) is 11.1 Å². The van der Waals surface area contributed by atoms with Crippen molar-refractivity contribution in [3.63, 3.8) is 0 Å². The van der Waals surface area contributed by atoms with Crippen LogP contribution < -0.4 is 26.2 Å². The molecule has 7 aromatic rings. The van der Waals surface area contributed by atoms with Crippen LogP contribution in [-0.4, -0.2) is 6.71 Å². The van der Waals surface area contributed by atoms with Crippen LogP contribution in [0.1, 0.15) is 182 Å². The van der Waals surface area contributed by atoms with Gasteiger partial charge in [-0.2, -0.15) is 0 Å². The van der Waals surface area contributed by atoms with Gasteiger partial charge in [0, 0.05) is 43.5 Å². The maximum absolute atomic E-state index is 9.37. The topological polar surface area (TPSA) is 6.48 Å². The molecule has 0 radical (unpaired) electrons. The van der Waals surface area contributed by atoms with Crippen molar-refractivity contribution in [2.45, 2.75) is 174 Å². The van der Waals surface area contributed by atoms with E-state index in [0.29, 0.717) is 5.56 Å². The molecule has 2 nitrogen and oxygen atoms in total. The van der Waals surface area contributed by atoms with Crippen molar-refractivity contribution in [3.8, 4) is 11.1 Å². The Kier molecular flexibility index (Phi) is 9.21. The molecule has 5 aliphatic rings. The summed E-state index contributed by atoms with van der Waals surface area (Å²) in [4.78, 5) is 5.03. The molecule has 366 valence electrons. The van der Waals surface area contributed by atoms with Gasteiger partial charge in [0.1, 0.15) is 0 Å². The lowest BCUT2D eigenvalue weighted by Gasteiger charge is -2.48. The van der Waals surface area contributed by atoms with E-state index >= 15 is 0 Å². The lowest BCUT2D eigenvalue weighted by Crippen LogP contribution is -2.62. The third-order valence-electron chi connectivity index (χ3n) is 19.0. The van der Waals surface area contributed by atoms with Gasteiger partial charge in [0.25, 0.3) is 6.71 Å². The van der Waals surface area contributed by atoms with Crippen LogP contribution in [0.15, 0.2) is 127 Å². The van der Waals surface area contributed by atoms with Crippen LogP contribution in [0, 0.1) is 13.8 Å². The normalized spacial score (nSPS) is 20.5. The highest BCUT2D eigenvalue weighted by atomic mass is 15.2. The Hall–Kier alpha value is -5.80. The molecule has 2 heterocycles. The second kappa shape index (κ2) is 15.1. The summed E-state index contributed by atoms with van der Waals surface area (Å²) in [5.74, 6) is 0. The van der Waals surface area contributed by atoms with E-state index in [-0.39, 0.29) is 44.6 Å². The van der Waals surface area contributed by atoms with E-state index in [1.807, 2.05) is 0 Å². The first-order valence-electron chi connectivity index (χ1n) is 28.5. The maximum Gasteiger partial charge on any atom is 0.252 e. The number of nitrogens with zero attached hydrogens (tertiary/aromatic N) is 2. The number of fused-ring (bicyclic) bond motifs is 7. The van der Waals surface area contributed by atoms with E-state index in [1.165, 1.54) is 61.0 Å². The minimum absolute atomic E-state index is 0.0256. The van der Waals surface area contributed by atoms with Gasteiger partial charge in [0.05, 0.1) is 5.69 Å². The Morgan fingerprint density at radius 3 is 1.42 bits per heavy atom. The van der Waals surface area contributed by atoms with Crippen LogP contribution in [-0.2, 0) is 37.9 Å².